The second-order valence-corrected chi connectivity index (χ2v) is 12.9. The number of hydrogen-bond acceptors (Lipinski definition) is 7. The largest absolute Gasteiger partial charge is 0.352 e. The fourth-order valence-electron chi connectivity index (χ4n) is 4.78. The Labute approximate surface area is 199 Å². The molecule has 4 rings (SSSR count). The lowest BCUT2D eigenvalue weighted by molar-refractivity contribution is -0.130. The van der Waals surface area contributed by atoms with E-state index < -0.39 is 32.1 Å². The maximum absolute atomic E-state index is 13.3. The molecule has 3 fully saturated rings. The average molecular weight is 499 g/mol. The lowest BCUT2D eigenvalue weighted by atomic mass is 10.1. The summed E-state index contributed by atoms with van der Waals surface area (Å²) in [5.41, 5.74) is 0. The molecule has 33 heavy (non-hydrogen) atoms. The van der Waals surface area contributed by atoms with Crippen LogP contribution in [0.1, 0.15) is 64.7 Å². The Kier molecular flexibility index (Phi) is 7.40. The molecule has 1 saturated carbocycles. The van der Waals surface area contributed by atoms with Gasteiger partial charge in [-0.05, 0) is 51.5 Å². The van der Waals surface area contributed by atoms with Crippen molar-refractivity contribution in [1.29, 1.82) is 0 Å². The Morgan fingerprint density at radius 2 is 1.94 bits per heavy atom. The van der Waals surface area contributed by atoms with Gasteiger partial charge in [-0.15, -0.1) is 11.8 Å². The molecule has 3 N–H and O–H groups in total. The third-order valence-corrected chi connectivity index (χ3v) is 10.0. The summed E-state index contributed by atoms with van der Waals surface area (Å²) < 4.78 is 27.0. The van der Waals surface area contributed by atoms with Gasteiger partial charge in [0.25, 0.3) is 5.91 Å². The van der Waals surface area contributed by atoms with Crippen LogP contribution in [-0.4, -0.2) is 71.6 Å². The van der Waals surface area contributed by atoms with Crippen molar-refractivity contribution in [3.05, 3.63) is 12.2 Å². The van der Waals surface area contributed by atoms with Gasteiger partial charge in [0.15, 0.2) is 4.87 Å². The highest BCUT2D eigenvalue weighted by atomic mass is 32.2. The van der Waals surface area contributed by atoms with E-state index in [4.69, 9.17) is 0 Å². The summed E-state index contributed by atoms with van der Waals surface area (Å²) in [4.78, 5) is 38.9. The molecule has 0 aromatic rings. The second kappa shape index (κ2) is 9.95. The van der Waals surface area contributed by atoms with Gasteiger partial charge in [-0.25, -0.2) is 13.1 Å². The minimum Gasteiger partial charge on any atom is -0.352 e. The number of nitrogens with one attached hydrogen (secondary N) is 3. The molecule has 0 radical (unpaired) electrons. The van der Waals surface area contributed by atoms with Gasteiger partial charge >= 0.3 is 0 Å². The van der Waals surface area contributed by atoms with Crippen LogP contribution in [0, 0.1) is 0 Å². The van der Waals surface area contributed by atoms with E-state index in [1.54, 1.807) is 0 Å². The number of nitrogens with zero attached hydrogens (tertiary/aromatic N) is 1. The quantitative estimate of drug-likeness (QED) is 0.390. The summed E-state index contributed by atoms with van der Waals surface area (Å²) in [6.45, 7) is 2.85. The molecule has 4 atom stereocenters. The normalized spacial score (nSPS) is 34.6. The number of sulfonamides is 1. The van der Waals surface area contributed by atoms with Gasteiger partial charge in [0.1, 0.15) is 0 Å². The molecular weight excluding hydrogens is 464 g/mol. The first-order chi connectivity index (χ1) is 15.7. The SMILES string of the molecule is CC(=O)NC1CCCCC/C=C\C2SC2(C(=O)NS(=O)(=O)C2CC2)NC(=O)C2CCCN2C1. The van der Waals surface area contributed by atoms with Crippen LogP contribution in [0.3, 0.4) is 0 Å². The molecule has 0 aromatic heterocycles. The van der Waals surface area contributed by atoms with Crippen LogP contribution in [0.15, 0.2) is 12.2 Å². The minimum atomic E-state index is -3.71. The van der Waals surface area contributed by atoms with Gasteiger partial charge in [0.2, 0.25) is 21.8 Å². The number of hydrogen-bond donors (Lipinski definition) is 3. The van der Waals surface area contributed by atoms with Crippen LogP contribution in [0.4, 0.5) is 0 Å². The standard InChI is InChI=1S/C22H34N4O5S2/c1-15(27)23-16-8-5-3-2-4-6-10-19-22(32-19,21(29)25-33(30,31)17-11-12-17)24-20(28)18-9-7-13-26(18)14-16/h6,10,16-19H,2-5,7-9,11-14H2,1H3,(H,23,27)(H,24,28)(H,25,29)/b10-6-. The van der Waals surface area contributed by atoms with Crippen LogP contribution >= 0.6 is 11.8 Å². The molecule has 3 amide bonds. The molecule has 3 aliphatic heterocycles. The first kappa shape index (κ1) is 24.5. The number of amides is 3. The zero-order valence-electron chi connectivity index (χ0n) is 19.0. The van der Waals surface area contributed by atoms with E-state index in [2.05, 4.69) is 20.3 Å². The maximum atomic E-state index is 13.3. The predicted octanol–water partition coefficient (Wildman–Crippen LogP) is 1.01. The summed E-state index contributed by atoms with van der Waals surface area (Å²) in [7, 11) is -3.71. The number of carbonyl (C=O) groups is 3. The molecular formula is C22H34N4O5S2. The van der Waals surface area contributed by atoms with Crippen LogP contribution < -0.4 is 15.4 Å². The maximum Gasteiger partial charge on any atom is 0.271 e. The second-order valence-electron chi connectivity index (χ2n) is 9.56. The Morgan fingerprint density at radius 3 is 2.67 bits per heavy atom. The fourth-order valence-corrected chi connectivity index (χ4v) is 7.28. The van der Waals surface area contributed by atoms with E-state index >= 15 is 0 Å². The van der Waals surface area contributed by atoms with Gasteiger partial charge < -0.3 is 10.6 Å². The van der Waals surface area contributed by atoms with Crippen LogP contribution in [-0.2, 0) is 24.4 Å². The average Bonchev–Trinajstić information content (AvgIpc) is 3.64. The van der Waals surface area contributed by atoms with Gasteiger partial charge in [-0.1, -0.05) is 25.0 Å². The molecule has 1 aliphatic carbocycles. The first-order valence-corrected chi connectivity index (χ1v) is 14.4. The third-order valence-electron chi connectivity index (χ3n) is 6.76. The molecule has 3 heterocycles. The van der Waals surface area contributed by atoms with Crippen molar-refractivity contribution in [2.24, 2.45) is 0 Å². The van der Waals surface area contributed by atoms with E-state index in [9.17, 15) is 22.8 Å². The fraction of sp³-hybridized carbons (Fsp3) is 0.773. The van der Waals surface area contributed by atoms with Crippen molar-refractivity contribution in [3.8, 4) is 0 Å². The molecule has 11 heteroatoms. The highest BCUT2D eigenvalue weighted by molar-refractivity contribution is 8.10. The first-order valence-electron chi connectivity index (χ1n) is 11.9. The van der Waals surface area contributed by atoms with Crippen molar-refractivity contribution in [1.82, 2.24) is 20.3 Å². The number of allylic oxidation sites excluding steroid dienone is 1. The van der Waals surface area contributed by atoms with Gasteiger partial charge in [0.05, 0.1) is 16.5 Å². The van der Waals surface area contributed by atoms with Crippen molar-refractivity contribution in [2.45, 2.75) is 92.2 Å². The monoisotopic (exact) mass is 498 g/mol. The van der Waals surface area contributed by atoms with E-state index in [1.165, 1.54) is 18.7 Å². The van der Waals surface area contributed by atoms with Gasteiger partial charge in [0, 0.05) is 19.5 Å². The third kappa shape index (κ3) is 5.92. The molecule has 2 saturated heterocycles. The summed E-state index contributed by atoms with van der Waals surface area (Å²) in [6.07, 6.45) is 11.3. The predicted molar refractivity (Wildman–Crippen MR) is 127 cm³/mol. The summed E-state index contributed by atoms with van der Waals surface area (Å²) in [6, 6.07) is -0.428. The van der Waals surface area contributed by atoms with Crippen LogP contribution in [0.2, 0.25) is 0 Å². The highest BCUT2D eigenvalue weighted by Crippen LogP contribution is 2.53. The Balaban J connectivity index is 1.52. The van der Waals surface area contributed by atoms with E-state index in [-0.39, 0.29) is 23.1 Å². The molecule has 0 bridgehead atoms. The molecule has 184 valence electrons. The van der Waals surface area contributed by atoms with E-state index in [0.717, 1.165) is 45.1 Å². The number of carbonyl (C=O) groups excluding carboxylic acids is 3. The van der Waals surface area contributed by atoms with Gasteiger partial charge in [-0.3, -0.25) is 19.3 Å². The molecule has 4 aliphatic rings. The van der Waals surface area contributed by atoms with Gasteiger partial charge in [-0.2, -0.15) is 0 Å². The topological polar surface area (TPSA) is 125 Å². The van der Waals surface area contributed by atoms with Crippen molar-refractivity contribution in [2.75, 3.05) is 13.1 Å². The van der Waals surface area contributed by atoms with E-state index in [0.29, 0.717) is 25.8 Å². The highest BCUT2D eigenvalue weighted by Gasteiger charge is 2.63. The lowest BCUT2D eigenvalue weighted by Gasteiger charge is -2.29. The molecule has 4 unspecified atom stereocenters. The Bertz CT molecular complexity index is 920. The van der Waals surface area contributed by atoms with Crippen LogP contribution in [0.5, 0.6) is 0 Å². The van der Waals surface area contributed by atoms with Crippen molar-refractivity contribution in [3.63, 3.8) is 0 Å². The number of thioether (sulfide) groups is 1. The summed E-state index contributed by atoms with van der Waals surface area (Å²) in [5, 5.41) is 5.14. The molecule has 0 spiro atoms. The zero-order chi connectivity index (χ0) is 23.6. The lowest BCUT2D eigenvalue weighted by Crippen LogP contribution is -2.57. The Hall–Kier alpha value is -1.59. The molecule has 9 nitrogen and oxygen atoms in total. The number of fused-ring (bicyclic) bond motifs is 2. The minimum absolute atomic E-state index is 0.0273. The zero-order valence-corrected chi connectivity index (χ0v) is 20.7. The summed E-state index contributed by atoms with van der Waals surface area (Å²) >= 11 is 1.28. The van der Waals surface area contributed by atoms with Crippen molar-refractivity contribution >= 4 is 39.5 Å². The Morgan fingerprint density at radius 1 is 1.15 bits per heavy atom. The van der Waals surface area contributed by atoms with E-state index in [1.807, 2.05) is 12.2 Å². The smallest absolute Gasteiger partial charge is 0.271 e. The summed E-state index contributed by atoms with van der Waals surface area (Å²) in [5.74, 6) is -0.996. The van der Waals surface area contributed by atoms with Crippen LogP contribution in [0.25, 0.3) is 0 Å². The van der Waals surface area contributed by atoms with Crippen molar-refractivity contribution < 1.29 is 22.8 Å². The number of rotatable bonds is 4. The molecule has 0 aromatic carbocycles.